The molecule has 0 heterocycles. The summed E-state index contributed by atoms with van der Waals surface area (Å²) in [5.74, 6) is 0. The molecule has 0 N–H and O–H groups in total. The van der Waals surface area contributed by atoms with Crippen molar-refractivity contribution >= 4 is 21.5 Å². The van der Waals surface area contributed by atoms with Crippen LogP contribution >= 0.6 is 0 Å². The van der Waals surface area contributed by atoms with Gasteiger partial charge in [0, 0.05) is 0 Å². The van der Waals surface area contributed by atoms with Crippen molar-refractivity contribution in [3.63, 3.8) is 0 Å². The summed E-state index contributed by atoms with van der Waals surface area (Å²) in [6, 6.07) is 20.5. The molecule has 0 atom stereocenters. The molecule has 16 heavy (non-hydrogen) atoms. The Kier molecular flexibility index (Phi) is 2.14. The molecule has 0 heteroatoms. The fourth-order valence-electron chi connectivity index (χ4n) is 2.18. The number of hydrogen-bond acceptors (Lipinski definition) is 0. The number of hydrogen-bond donors (Lipinski definition) is 0. The highest BCUT2D eigenvalue weighted by Crippen LogP contribution is 2.25. The van der Waals surface area contributed by atoms with Crippen molar-refractivity contribution in [2.45, 2.75) is 13.3 Å². The standard InChI is InChI=1S/C16H13/c1-2-12-7-8-14-10-9-13-5-3-4-6-15(13)16(14)11-12/h3-8,10-11H,2H2,1H3. The summed E-state index contributed by atoms with van der Waals surface area (Å²) in [6.07, 6.45) is 1.09. The first-order valence-electron chi connectivity index (χ1n) is 5.70. The van der Waals surface area contributed by atoms with E-state index in [1.165, 1.54) is 27.1 Å². The lowest BCUT2D eigenvalue weighted by atomic mass is 9.99. The molecule has 77 valence electrons. The van der Waals surface area contributed by atoms with Gasteiger partial charge in [-0.05, 0) is 45.7 Å². The van der Waals surface area contributed by atoms with Crippen molar-refractivity contribution < 1.29 is 0 Å². The monoisotopic (exact) mass is 205 g/mol. The molecule has 3 rings (SSSR count). The zero-order valence-corrected chi connectivity index (χ0v) is 9.33. The zero-order chi connectivity index (χ0) is 11.0. The SMILES string of the molecule is CCc1ccc2c[c]c3ccccc3c2c1. The van der Waals surface area contributed by atoms with Crippen molar-refractivity contribution in [2.24, 2.45) is 0 Å². The van der Waals surface area contributed by atoms with E-state index in [2.05, 4.69) is 61.5 Å². The van der Waals surface area contributed by atoms with Crippen LogP contribution in [0.15, 0.2) is 48.5 Å². The minimum Gasteiger partial charge on any atom is -0.0616 e. The van der Waals surface area contributed by atoms with E-state index in [1.807, 2.05) is 0 Å². The van der Waals surface area contributed by atoms with E-state index in [0.717, 1.165) is 6.42 Å². The molecule has 0 aliphatic rings. The Labute approximate surface area is 95.5 Å². The minimum atomic E-state index is 1.09. The predicted molar refractivity (Wildman–Crippen MR) is 69.7 cm³/mol. The second kappa shape index (κ2) is 3.64. The summed E-state index contributed by atoms with van der Waals surface area (Å²) >= 11 is 0. The average molecular weight is 205 g/mol. The molecule has 0 unspecified atom stereocenters. The molecule has 0 bridgehead atoms. The van der Waals surface area contributed by atoms with Gasteiger partial charge in [-0.1, -0.05) is 49.4 Å². The van der Waals surface area contributed by atoms with Gasteiger partial charge in [0.2, 0.25) is 0 Å². The van der Waals surface area contributed by atoms with E-state index in [0.29, 0.717) is 0 Å². The van der Waals surface area contributed by atoms with Gasteiger partial charge in [-0.15, -0.1) is 0 Å². The van der Waals surface area contributed by atoms with Crippen LogP contribution in [0, 0.1) is 6.07 Å². The van der Waals surface area contributed by atoms with Crippen LogP contribution in [-0.4, -0.2) is 0 Å². The Morgan fingerprint density at radius 2 is 1.88 bits per heavy atom. The lowest BCUT2D eigenvalue weighted by Gasteiger charge is -2.05. The second-order valence-electron chi connectivity index (χ2n) is 4.11. The van der Waals surface area contributed by atoms with Crippen LogP contribution in [0.3, 0.4) is 0 Å². The summed E-state index contributed by atoms with van der Waals surface area (Å²) in [7, 11) is 0. The highest BCUT2D eigenvalue weighted by atomic mass is 14.0. The van der Waals surface area contributed by atoms with Gasteiger partial charge in [-0.25, -0.2) is 0 Å². The van der Waals surface area contributed by atoms with E-state index in [4.69, 9.17) is 0 Å². The quantitative estimate of drug-likeness (QED) is 0.518. The maximum atomic E-state index is 3.33. The van der Waals surface area contributed by atoms with Crippen LogP contribution in [0.4, 0.5) is 0 Å². The lowest BCUT2D eigenvalue weighted by Crippen LogP contribution is -1.82. The van der Waals surface area contributed by atoms with Crippen LogP contribution < -0.4 is 0 Å². The van der Waals surface area contributed by atoms with Gasteiger partial charge in [0.05, 0.1) is 0 Å². The van der Waals surface area contributed by atoms with Crippen LogP contribution in [0.25, 0.3) is 21.5 Å². The van der Waals surface area contributed by atoms with E-state index in [1.54, 1.807) is 0 Å². The van der Waals surface area contributed by atoms with Gasteiger partial charge < -0.3 is 0 Å². The summed E-state index contributed by atoms with van der Waals surface area (Å²) in [6.45, 7) is 2.19. The number of fused-ring (bicyclic) bond motifs is 3. The molecular formula is C16H13. The molecular weight excluding hydrogens is 192 g/mol. The molecule has 3 aromatic carbocycles. The average Bonchev–Trinajstić information content (AvgIpc) is 2.38. The van der Waals surface area contributed by atoms with Gasteiger partial charge in [0.1, 0.15) is 0 Å². The molecule has 0 aliphatic heterocycles. The Bertz CT molecular complexity index is 650. The molecule has 0 saturated carbocycles. The van der Waals surface area contributed by atoms with E-state index < -0.39 is 0 Å². The maximum Gasteiger partial charge on any atom is -0.00926 e. The number of benzene rings is 3. The number of aryl methyl sites for hydroxylation is 1. The van der Waals surface area contributed by atoms with Gasteiger partial charge >= 0.3 is 0 Å². The van der Waals surface area contributed by atoms with E-state index in [9.17, 15) is 0 Å². The molecule has 0 aliphatic carbocycles. The third kappa shape index (κ3) is 1.38. The molecule has 0 nitrogen and oxygen atoms in total. The van der Waals surface area contributed by atoms with E-state index >= 15 is 0 Å². The summed E-state index contributed by atoms with van der Waals surface area (Å²) in [5, 5.41) is 5.11. The van der Waals surface area contributed by atoms with Gasteiger partial charge in [-0.2, -0.15) is 0 Å². The lowest BCUT2D eigenvalue weighted by molar-refractivity contribution is 1.15. The van der Waals surface area contributed by atoms with Crippen LogP contribution in [0.2, 0.25) is 0 Å². The molecule has 0 spiro atoms. The topological polar surface area (TPSA) is 0 Å². The highest BCUT2D eigenvalue weighted by molar-refractivity contribution is 6.07. The van der Waals surface area contributed by atoms with Crippen molar-refractivity contribution in [3.05, 3.63) is 60.2 Å². The Hall–Kier alpha value is -1.82. The van der Waals surface area contributed by atoms with Crippen LogP contribution in [-0.2, 0) is 6.42 Å². The first-order chi connectivity index (χ1) is 7.88. The third-order valence-corrected chi connectivity index (χ3v) is 3.13. The molecule has 1 radical (unpaired) electrons. The van der Waals surface area contributed by atoms with Crippen molar-refractivity contribution in [1.82, 2.24) is 0 Å². The third-order valence-electron chi connectivity index (χ3n) is 3.13. The molecule has 0 saturated heterocycles. The molecule has 0 aromatic heterocycles. The van der Waals surface area contributed by atoms with Gasteiger partial charge in [0.25, 0.3) is 0 Å². The summed E-state index contributed by atoms with van der Waals surface area (Å²) in [4.78, 5) is 0. The van der Waals surface area contributed by atoms with Gasteiger partial charge in [-0.3, -0.25) is 0 Å². The highest BCUT2D eigenvalue weighted by Gasteiger charge is 2.00. The first-order valence-corrected chi connectivity index (χ1v) is 5.70. The molecule has 0 fully saturated rings. The fraction of sp³-hybridized carbons (Fsp3) is 0.125. The molecule has 0 amide bonds. The predicted octanol–water partition coefficient (Wildman–Crippen LogP) is 4.36. The Morgan fingerprint density at radius 3 is 2.75 bits per heavy atom. The minimum absolute atomic E-state index is 1.09. The van der Waals surface area contributed by atoms with E-state index in [-0.39, 0.29) is 0 Å². The molecule has 3 aromatic rings. The fourth-order valence-corrected chi connectivity index (χ4v) is 2.18. The largest absolute Gasteiger partial charge is 0.0616 e. The summed E-state index contributed by atoms with van der Waals surface area (Å²) in [5.41, 5.74) is 1.39. The Morgan fingerprint density at radius 1 is 1.00 bits per heavy atom. The smallest absolute Gasteiger partial charge is 0.00926 e. The van der Waals surface area contributed by atoms with Gasteiger partial charge in [0.15, 0.2) is 0 Å². The normalized spacial score (nSPS) is 11.1. The number of rotatable bonds is 1. The van der Waals surface area contributed by atoms with Crippen molar-refractivity contribution in [3.8, 4) is 0 Å². The van der Waals surface area contributed by atoms with Crippen molar-refractivity contribution in [1.29, 1.82) is 0 Å². The van der Waals surface area contributed by atoms with Crippen molar-refractivity contribution in [2.75, 3.05) is 0 Å². The summed E-state index contributed by atoms with van der Waals surface area (Å²) < 4.78 is 0. The second-order valence-corrected chi connectivity index (χ2v) is 4.11. The van der Waals surface area contributed by atoms with Crippen LogP contribution in [0.5, 0.6) is 0 Å². The maximum absolute atomic E-state index is 3.33. The Balaban J connectivity index is 2.47. The first kappa shape index (κ1) is 9.41. The van der Waals surface area contributed by atoms with Crippen LogP contribution in [0.1, 0.15) is 12.5 Å². The zero-order valence-electron chi connectivity index (χ0n) is 9.33.